The fourth-order valence-corrected chi connectivity index (χ4v) is 2.12. The average molecular weight is 230 g/mol. The van der Waals surface area contributed by atoms with Crippen LogP contribution in [0, 0.1) is 17.2 Å². The van der Waals surface area contributed by atoms with Crippen molar-refractivity contribution in [3.63, 3.8) is 0 Å². The maximum absolute atomic E-state index is 10.8. The largest absolute Gasteiger partial charge is 0.481 e. The molecule has 17 heavy (non-hydrogen) atoms. The summed E-state index contributed by atoms with van der Waals surface area (Å²) >= 11 is 0. The van der Waals surface area contributed by atoms with E-state index in [1.54, 1.807) is 12.1 Å². The van der Waals surface area contributed by atoms with Gasteiger partial charge in [-0.05, 0) is 30.7 Å². The second-order valence-electron chi connectivity index (χ2n) is 4.37. The van der Waals surface area contributed by atoms with Gasteiger partial charge in [0.15, 0.2) is 0 Å². The van der Waals surface area contributed by atoms with Gasteiger partial charge in [-0.25, -0.2) is 0 Å². The Morgan fingerprint density at radius 3 is 2.71 bits per heavy atom. The zero-order valence-corrected chi connectivity index (χ0v) is 9.47. The van der Waals surface area contributed by atoms with Gasteiger partial charge in [-0.2, -0.15) is 5.26 Å². The number of likely N-dealkylation sites (tertiary alicyclic amines) is 1. The number of hydrogen-bond acceptors (Lipinski definition) is 3. The van der Waals surface area contributed by atoms with Crippen LogP contribution in [0.2, 0.25) is 0 Å². The van der Waals surface area contributed by atoms with E-state index in [1.165, 1.54) is 0 Å². The van der Waals surface area contributed by atoms with E-state index in [1.807, 2.05) is 12.1 Å². The number of aliphatic carboxylic acids is 1. The van der Waals surface area contributed by atoms with Crippen molar-refractivity contribution in [1.82, 2.24) is 4.90 Å². The summed E-state index contributed by atoms with van der Waals surface area (Å²) in [6, 6.07) is 9.51. The predicted octanol–water partition coefficient (Wildman–Crippen LogP) is 1.46. The van der Waals surface area contributed by atoms with Crippen molar-refractivity contribution in [2.45, 2.75) is 13.0 Å². The highest BCUT2D eigenvalue weighted by Crippen LogP contribution is 2.18. The molecule has 4 heteroatoms. The van der Waals surface area contributed by atoms with Gasteiger partial charge in [-0.3, -0.25) is 9.69 Å². The molecule has 0 aliphatic carbocycles. The number of nitrogens with zero attached hydrogens (tertiary/aromatic N) is 2. The van der Waals surface area contributed by atoms with Crippen LogP contribution in [0.25, 0.3) is 0 Å². The maximum atomic E-state index is 10.8. The summed E-state index contributed by atoms with van der Waals surface area (Å²) in [5.41, 5.74) is 1.77. The van der Waals surface area contributed by atoms with Crippen molar-refractivity contribution < 1.29 is 9.90 Å². The monoisotopic (exact) mass is 230 g/mol. The summed E-state index contributed by atoms with van der Waals surface area (Å²) in [4.78, 5) is 13.0. The zero-order chi connectivity index (χ0) is 12.3. The Morgan fingerprint density at radius 2 is 2.18 bits per heavy atom. The first-order valence-corrected chi connectivity index (χ1v) is 5.63. The highest BCUT2D eigenvalue weighted by atomic mass is 16.4. The van der Waals surface area contributed by atoms with Gasteiger partial charge in [-0.1, -0.05) is 12.1 Å². The van der Waals surface area contributed by atoms with E-state index in [-0.39, 0.29) is 5.92 Å². The Balaban J connectivity index is 1.94. The van der Waals surface area contributed by atoms with Crippen molar-refractivity contribution in [3.05, 3.63) is 35.4 Å². The van der Waals surface area contributed by atoms with Gasteiger partial charge in [0.05, 0.1) is 17.6 Å². The lowest BCUT2D eigenvalue weighted by Gasteiger charge is -2.14. The molecule has 1 aliphatic rings. The minimum absolute atomic E-state index is 0.228. The molecule has 1 fully saturated rings. The molecule has 0 saturated carbocycles. The molecule has 1 aromatic rings. The molecule has 88 valence electrons. The van der Waals surface area contributed by atoms with Crippen LogP contribution >= 0.6 is 0 Å². The lowest BCUT2D eigenvalue weighted by molar-refractivity contribution is -0.141. The van der Waals surface area contributed by atoms with Crippen molar-refractivity contribution in [2.24, 2.45) is 5.92 Å². The van der Waals surface area contributed by atoms with Gasteiger partial charge in [0.2, 0.25) is 0 Å². The van der Waals surface area contributed by atoms with E-state index >= 15 is 0 Å². The van der Waals surface area contributed by atoms with Crippen LogP contribution in [0.5, 0.6) is 0 Å². The maximum Gasteiger partial charge on any atom is 0.307 e. The normalized spacial score (nSPS) is 20.1. The molecule has 1 heterocycles. The Hall–Kier alpha value is -1.86. The fourth-order valence-electron chi connectivity index (χ4n) is 2.12. The number of rotatable bonds is 3. The Morgan fingerprint density at radius 1 is 1.47 bits per heavy atom. The smallest absolute Gasteiger partial charge is 0.307 e. The van der Waals surface area contributed by atoms with E-state index in [0.29, 0.717) is 12.1 Å². The van der Waals surface area contributed by atoms with Crippen LogP contribution in [0.15, 0.2) is 24.3 Å². The van der Waals surface area contributed by atoms with E-state index in [9.17, 15) is 4.79 Å². The molecule has 0 amide bonds. The SMILES string of the molecule is N#Cc1ccc(CN2CCC(C(=O)O)C2)cc1. The zero-order valence-electron chi connectivity index (χ0n) is 9.47. The lowest BCUT2D eigenvalue weighted by atomic mass is 10.1. The molecule has 0 radical (unpaired) electrons. The number of carboxylic acid groups (broad SMARTS) is 1. The molecule has 1 saturated heterocycles. The fraction of sp³-hybridized carbons (Fsp3) is 0.385. The number of benzene rings is 1. The quantitative estimate of drug-likeness (QED) is 0.853. The summed E-state index contributed by atoms with van der Waals surface area (Å²) in [5.74, 6) is -0.930. The van der Waals surface area contributed by atoms with E-state index in [0.717, 1.165) is 25.1 Å². The Kier molecular flexibility index (Phi) is 3.40. The van der Waals surface area contributed by atoms with E-state index in [2.05, 4.69) is 11.0 Å². The first-order valence-electron chi connectivity index (χ1n) is 5.63. The minimum Gasteiger partial charge on any atom is -0.481 e. The third kappa shape index (κ3) is 2.83. The molecular formula is C13H14N2O2. The lowest BCUT2D eigenvalue weighted by Crippen LogP contribution is -2.22. The standard InChI is InChI=1S/C13H14N2O2/c14-7-10-1-3-11(4-2-10)8-15-6-5-12(9-15)13(16)17/h1-4,12H,5-6,8-9H2,(H,16,17). The Bertz CT molecular complexity index is 447. The second-order valence-corrected chi connectivity index (χ2v) is 4.37. The van der Waals surface area contributed by atoms with Gasteiger partial charge in [0.25, 0.3) is 0 Å². The van der Waals surface area contributed by atoms with E-state index in [4.69, 9.17) is 10.4 Å². The average Bonchev–Trinajstić information content (AvgIpc) is 2.79. The third-order valence-corrected chi connectivity index (χ3v) is 3.11. The highest BCUT2D eigenvalue weighted by molar-refractivity contribution is 5.70. The van der Waals surface area contributed by atoms with Crippen LogP contribution < -0.4 is 0 Å². The molecule has 0 bridgehead atoms. The minimum atomic E-state index is -0.702. The summed E-state index contributed by atoms with van der Waals surface area (Å²) in [6.07, 6.45) is 0.728. The number of carboxylic acids is 1. The van der Waals surface area contributed by atoms with Gasteiger partial charge in [-0.15, -0.1) is 0 Å². The van der Waals surface area contributed by atoms with Crippen LogP contribution in [0.3, 0.4) is 0 Å². The number of hydrogen-bond donors (Lipinski definition) is 1. The third-order valence-electron chi connectivity index (χ3n) is 3.11. The molecule has 1 aliphatic heterocycles. The molecule has 0 spiro atoms. The molecule has 1 N–H and O–H groups in total. The van der Waals surface area contributed by atoms with Gasteiger partial charge in [0, 0.05) is 13.1 Å². The van der Waals surface area contributed by atoms with Crippen LogP contribution in [-0.4, -0.2) is 29.1 Å². The molecule has 1 unspecified atom stereocenters. The summed E-state index contributed by atoms with van der Waals surface area (Å²) < 4.78 is 0. The molecular weight excluding hydrogens is 216 g/mol. The predicted molar refractivity (Wildman–Crippen MR) is 62.2 cm³/mol. The van der Waals surface area contributed by atoms with Crippen molar-refractivity contribution >= 4 is 5.97 Å². The summed E-state index contributed by atoms with van der Waals surface area (Å²) in [5, 5.41) is 17.6. The van der Waals surface area contributed by atoms with E-state index < -0.39 is 5.97 Å². The second kappa shape index (κ2) is 4.98. The molecule has 1 atom stereocenters. The Labute approximate surface area is 100 Å². The van der Waals surface area contributed by atoms with Gasteiger partial charge in [0.1, 0.15) is 0 Å². The molecule has 4 nitrogen and oxygen atoms in total. The summed E-state index contributed by atoms with van der Waals surface area (Å²) in [6.45, 7) is 2.21. The molecule has 0 aromatic heterocycles. The summed E-state index contributed by atoms with van der Waals surface area (Å²) in [7, 11) is 0. The van der Waals surface area contributed by atoms with Crippen LogP contribution in [0.1, 0.15) is 17.5 Å². The van der Waals surface area contributed by atoms with Crippen molar-refractivity contribution in [1.29, 1.82) is 5.26 Å². The molecule has 1 aromatic carbocycles. The first kappa shape index (κ1) is 11.6. The highest BCUT2D eigenvalue weighted by Gasteiger charge is 2.27. The first-order chi connectivity index (χ1) is 8.19. The van der Waals surface area contributed by atoms with Crippen LogP contribution in [-0.2, 0) is 11.3 Å². The molecule has 2 rings (SSSR count). The van der Waals surface area contributed by atoms with Gasteiger partial charge < -0.3 is 5.11 Å². The van der Waals surface area contributed by atoms with Gasteiger partial charge >= 0.3 is 5.97 Å². The van der Waals surface area contributed by atoms with Crippen molar-refractivity contribution in [2.75, 3.05) is 13.1 Å². The van der Waals surface area contributed by atoms with Crippen molar-refractivity contribution in [3.8, 4) is 6.07 Å². The number of nitriles is 1. The topological polar surface area (TPSA) is 64.3 Å². The number of carbonyl (C=O) groups is 1. The van der Waals surface area contributed by atoms with Crippen LogP contribution in [0.4, 0.5) is 0 Å².